The molecule has 5 nitrogen and oxygen atoms in total. The van der Waals surface area contributed by atoms with Crippen molar-refractivity contribution in [2.24, 2.45) is 0 Å². The second-order valence-electron chi connectivity index (χ2n) is 6.73. The number of hydrogen-bond donors (Lipinski definition) is 1. The van der Waals surface area contributed by atoms with Crippen LogP contribution in [0.2, 0.25) is 0 Å². The lowest BCUT2D eigenvalue weighted by atomic mass is 10.2. The van der Waals surface area contributed by atoms with Crippen LogP contribution in [0.15, 0.2) is 48.5 Å². The Labute approximate surface area is 159 Å². The van der Waals surface area contributed by atoms with Crippen LogP contribution < -0.4 is 10.1 Å². The number of carbonyl (C=O) groups is 1. The zero-order valence-electron chi connectivity index (χ0n) is 15.7. The predicted molar refractivity (Wildman–Crippen MR) is 103 cm³/mol. The van der Waals surface area contributed by atoms with Gasteiger partial charge in [-0.25, -0.2) is 4.39 Å². The van der Waals surface area contributed by atoms with Crippen molar-refractivity contribution >= 4 is 5.91 Å². The lowest BCUT2D eigenvalue weighted by Crippen LogP contribution is -2.49. The molecule has 0 radical (unpaired) electrons. The number of halogens is 1. The molecular formula is C21H26FN3O2. The zero-order valence-corrected chi connectivity index (χ0v) is 15.7. The van der Waals surface area contributed by atoms with Crippen molar-refractivity contribution in [1.29, 1.82) is 0 Å². The van der Waals surface area contributed by atoms with Crippen LogP contribution in [0, 0.1) is 5.82 Å². The van der Waals surface area contributed by atoms with E-state index in [-0.39, 0.29) is 11.7 Å². The third kappa shape index (κ3) is 5.52. The quantitative estimate of drug-likeness (QED) is 0.811. The number of piperazine rings is 1. The van der Waals surface area contributed by atoms with Gasteiger partial charge in [0, 0.05) is 50.4 Å². The topological polar surface area (TPSA) is 44.8 Å². The standard InChI is InChI=1S/C21H26FN3O2/c1-27-20-9-5-3-6-17(20)14-23-21(26)16-25-12-10-24(11-13-25)15-18-7-2-4-8-19(18)22/h2-9H,10-16H2,1H3,(H,23,26). The molecule has 3 rings (SSSR count). The average Bonchev–Trinajstić information content (AvgIpc) is 2.70. The lowest BCUT2D eigenvalue weighted by Gasteiger charge is -2.34. The van der Waals surface area contributed by atoms with Crippen LogP contribution in [-0.2, 0) is 17.9 Å². The molecule has 144 valence electrons. The molecule has 0 aliphatic carbocycles. The smallest absolute Gasteiger partial charge is 0.234 e. The van der Waals surface area contributed by atoms with Gasteiger partial charge in [0.1, 0.15) is 11.6 Å². The predicted octanol–water partition coefficient (Wildman–Crippen LogP) is 2.27. The summed E-state index contributed by atoms with van der Waals surface area (Å²) in [5.74, 6) is 0.624. The van der Waals surface area contributed by atoms with E-state index in [0.717, 1.165) is 43.1 Å². The molecule has 1 aliphatic heterocycles. The number of amides is 1. The summed E-state index contributed by atoms with van der Waals surface area (Å²) in [5, 5.41) is 2.96. The summed E-state index contributed by atoms with van der Waals surface area (Å²) in [6.45, 7) is 4.70. The fraction of sp³-hybridized carbons (Fsp3) is 0.381. The Morgan fingerprint density at radius 2 is 1.63 bits per heavy atom. The molecular weight excluding hydrogens is 345 g/mol. The highest BCUT2D eigenvalue weighted by Crippen LogP contribution is 2.16. The molecule has 0 unspecified atom stereocenters. The van der Waals surface area contributed by atoms with Crippen molar-refractivity contribution < 1.29 is 13.9 Å². The number of nitrogens with one attached hydrogen (secondary N) is 1. The normalized spacial score (nSPS) is 15.5. The maximum atomic E-state index is 13.8. The molecule has 0 aromatic heterocycles. The molecule has 2 aromatic carbocycles. The SMILES string of the molecule is COc1ccccc1CNC(=O)CN1CCN(Cc2ccccc2F)CC1. The van der Waals surface area contributed by atoms with Crippen LogP contribution in [-0.4, -0.2) is 55.5 Å². The maximum absolute atomic E-state index is 13.8. The summed E-state index contributed by atoms with van der Waals surface area (Å²) < 4.78 is 19.1. The Balaban J connectivity index is 1.41. The summed E-state index contributed by atoms with van der Waals surface area (Å²) in [7, 11) is 1.63. The van der Waals surface area contributed by atoms with E-state index in [9.17, 15) is 9.18 Å². The van der Waals surface area contributed by atoms with E-state index in [1.165, 1.54) is 6.07 Å². The largest absolute Gasteiger partial charge is 0.496 e. The van der Waals surface area contributed by atoms with E-state index in [0.29, 0.717) is 19.6 Å². The number of nitrogens with zero attached hydrogens (tertiary/aromatic N) is 2. The minimum Gasteiger partial charge on any atom is -0.496 e. The van der Waals surface area contributed by atoms with Gasteiger partial charge in [-0.1, -0.05) is 36.4 Å². The van der Waals surface area contributed by atoms with E-state index in [1.807, 2.05) is 36.4 Å². The van der Waals surface area contributed by atoms with Gasteiger partial charge < -0.3 is 10.1 Å². The highest BCUT2D eigenvalue weighted by Gasteiger charge is 2.19. The molecule has 0 saturated carbocycles. The van der Waals surface area contributed by atoms with Crippen LogP contribution >= 0.6 is 0 Å². The van der Waals surface area contributed by atoms with E-state index >= 15 is 0 Å². The Kier molecular flexibility index (Phi) is 6.79. The van der Waals surface area contributed by atoms with Gasteiger partial charge in [-0.15, -0.1) is 0 Å². The summed E-state index contributed by atoms with van der Waals surface area (Å²) in [5.41, 5.74) is 1.68. The molecule has 27 heavy (non-hydrogen) atoms. The van der Waals surface area contributed by atoms with Gasteiger partial charge in [0.05, 0.1) is 13.7 Å². The van der Waals surface area contributed by atoms with Crippen LogP contribution in [0.1, 0.15) is 11.1 Å². The molecule has 6 heteroatoms. The number of rotatable bonds is 7. The summed E-state index contributed by atoms with van der Waals surface area (Å²) in [4.78, 5) is 16.6. The first-order valence-corrected chi connectivity index (χ1v) is 9.22. The number of carbonyl (C=O) groups excluding carboxylic acids is 1. The minimum absolute atomic E-state index is 0.00320. The van der Waals surface area contributed by atoms with Gasteiger partial charge in [0.15, 0.2) is 0 Å². The molecule has 1 aliphatic rings. The van der Waals surface area contributed by atoms with Crippen molar-refractivity contribution in [2.75, 3.05) is 39.8 Å². The van der Waals surface area contributed by atoms with Crippen LogP contribution in [0.4, 0.5) is 4.39 Å². The van der Waals surface area contributed by atoms with Gasteiger partial charge in [-0.05, 0) is 12.1 Å². The zero-order chi connectivity index (χ0) is 19.1. The first kappa shape index (κ1) is 19.3. The third-order valence-electron chi connectivity index (χ3n) is 4.85. The molecule has 0 atom stereocenters. The number of para-hydroxylation sites is 1. The Morgan fingerprint density at radius 3 is 2.33 bits per heavy atom. The summed E-state index contributed by atoms with van der Waals surface area (Å²) in [6.07, 6.45) is 0. The molecule has 1 heterocycles. The van der Waals surface area contributed by atoms with Gasteiger partial charge in [-0.3, -0.25) is 14.6 Å². The third-order valence-corrected chi connectivity index (χ3v) is 4.85. The number of methoxy groups -OCH3 is 1. The maximum Gasteiger partial charge on any atom is 0.234 e. The summed E-state index contributed by atoms with van der Waals surface area (Å²) >= 11 is 0. The second kappa shape index (κ2) is 9.48. The Morgan fingerprint density at radius 1 is 1.00 bits per heavy atom. The fourth-order valence-corrected chi connectivity index (χ4v) is 3.27. The van der Waals surface area contributed by atoms with E-state index in [2.05, 4.69) is 15.1 Å². The fourth-order valence-electron chi connectivity index (χ4n) is 3.27. The Hall–Kier alpha value is -2.44. The van der Waals surface area contributed by atoms with Crippen molar-refractivity contribution in [3.05, 3.63) is 65.5 Å². The van der Waals surface area contributed by atoms with Gasteiger partial charge in [0.25, 0.3) is 0 Å². The van der Waals surface area contributed by atoms with Crippen molar-refractivity contribution in [2.45, 2.75) is 13.1 Å². The number of hydrogen-bond acceptors (Lipinski definition) is 4. The Bertz CT molecular complexity index is 761. The minimum atomic E-state index is -0.157. The number of ether oxygens (including phenoxy) is 1. The lowest BCUT2D eigenvalue weighted by molar-refractivity contribution is -0.122. The van der Waals surface area contributed by atoms with E-state index in [4.69, 9.17) is 4.74 Å². The van der Waals surface area contributed by atoms with E-state index in [1.54, 1.807) is 13.2 Å². The van der Waals surface area contributed by atoms with E-state index < -0.39 is 0 Å². The molecule has 1 N–H and O–H groups in total. The highest BCUT2D eigenvalue weighted by atomic mass is 19.1. The van der Waals surface area contributed by atoms with Gasteiger partial charge in [0.2, 0.25) is 5.91 Å². The molecule has 2 aromatic rings. The van der Waals surface area contributed by atoms with Crippen molar-refractivity contribution in [1.82, 2.24) is 15.1 Å². The molecule has 0 bridgehead atoms. The van der Waals surface area contributed by atoms with Crippen LogP contribution in [0.3, 0.4) is 0 Å². The first-order chi connectivity index (χ1) is 13.2. The van der Waals surface area contributed by atoms with Crippen molar-refractivity contribution in [3.8, 4) is 5.75 Å². The van der Waals surface area contributed by atoms with Crippen LogP contribution in [0.25, 0.3) is 0 Å². The molecule has 1 fully saturated rings. The summed E-state index contributed by atoms with van der Waals surface area (Å²) in [6, 6.07) is 14.6. The average molecular weight is 371 g/mol. The molecule has 1 saturated heterocycles. The molecule has 0 spiro atoms. The monoisotopic (exact) mass is 371 g/mol. The highest BCUT2D eigenvalue weighted by molar-refractivity contribution is 5.78. The second-order valence-corrected chi connectivity index (χ2v) is 6.73. The molecule has 1 amide bonds. The van der Waals surface area contributed by atoms with Gasteiger partial charge in [-0.2, -0.15) is 0 Å². The van der Waals surface area contributed by atoms with Gasteiger partial charge >= 0.3 is 0 Å². The van der Waals surface area contributed by atoms with Crippen LogP contribution in [0.5, 0.6) is 5.75 Å². The van der Waals surface area contributed by atoms with Crippen molar-refractivity contribution in [3.63, 3.8) is 0 Å². The first-order valence-electron chi connectivity index (χ1n) is 9.22. The number of benzene rings is 2.